The Morgan fingerprint density at radius 2 is 1.74 bits per heavy atom. The van der Waals surface area contributed by atoms with Gasteiger partial charge in [0.25, 0.3) is 0 Å². The second-order valence-electron chi connectivity index (χ2n) is 6.97. The maximum atomic E-state index is 6.10. The first-order chi connectivity index (χ1) is 9.04. The van der Waals surface area contributed by atoms with Crippen LogP contribution in [0, 0.1) is 11.8 Å². The predicted octanol–water partition coefficient (Wildman–Crippen LogP) is 1.28. The van der Waals surface area contributed by atoms with Crippen LogP contribution in [0.5, 0.6) is 0 Å². The molecule has 0 bridgehead atoms. The molecule has 4 heteroatoms. The van der Waals surface area contributed by atoms with Crippen LogP contribution < -0.4 is 11.2 Å². The van der Waals surface area contributed by atoms with Crippen LogP contribution >= 0.6 is 0 Å². The molecule has 0 atom stereocenters. The lowest BCUT2D eigenvalue weighted by Gasteiger charge is -2.46. The molecule has 1 saturated carbocycles. The third-order valence-corrected chi connectivity index (χ3v) is 5.22. The van der Waals surface area contributed by atoms with E-state index in [4.69, 9.17) is 5.73 Å². The first-order valence-electron chi connectivity index (χ1n) is 7.96. The van der Waals surface area contributed by atoms with Crippen molar-refractivity contribution < 1.29 is 0 Å². The predicted molar refractivity (Wildman–Crippen MR) is 80.8 cm³/mol. The summed E-state index contributed by atoms with van der Waals surface area (Å²) in [7, 11) is 2.20. The summed E-state index contributed by atoms with van der Waals surface area (Å²) in [6, 6.07) is 0. The van der Waals surface area contributed by atoms with Gasteiger partial charge in [0.15, 0.2) is 0 Å². The second-order valence-corrected chi connectivity index (χ2v) is 6.97. The van der Waals surface area contributed by atoms with Crippen LogP contribution in [0.1, 0.15) is 39.5 Å². The number of piperazine rings is 1. The van der Waals surface area contributed by atoms with Crippen LogP contribution in [0.4, 0.5) is 0 Å². The van der Waals surface area contributed by atoms with E-state index in [2.05, 4.69) is 36.2 Å². The van der Waals surface area contributed by atoms with Crippen LogP contribution in [0.15, 0.2) is 0 Å². The Bertz CT molecular complexity index is 263. The largest absolute Gasteiger partial charge is 0.329 e. The quantitative estimate of drug-likeness (QED) is 0.806. The summed E-state index contributed by atoms with van der Waals surface area (Å²) in [5.41, 5.74) is 10.1. The fraction of sp³-hybridized carbons (Fsp3) is 1.00. The van der Waals surface area contributed by atoms with Gasteiger partial charge in [0.05, 0.1) is 0 Å². The molecule has 4 nitrogen and oxygen atoms in total. The number of nitrogens with zero attached hydrogens (tertiary/aromatic N) is 2. The normalized spacial score (nSPS) is 34.9. The highest BCUT2D eigenvalue weighted by Crippen LogP contribution is 2.35. The summed E-state index contributed by atoms with van der Waals surface area (Å²) in [4.78, 5) is 2.39. The molecule has 0 aromatic carbocycles. The lowest BCUT2D eigenvalue weighted by molar-refractivity contribution is 0.0286. The molecule has 3 N–H and O–H groups in total. The Morgan fingerprint density at radius 1 is 1.16 bits per heavy atom. The van der Waals surface area contributed by atoms with Crippen molar-refractivity contribution in [3.63, 3.8) is 0 Å². The average molecular weight is 268 g/mol. The van der Waals surface area contributed by atoms with Crippen LogP contribution in [-0.2, 0) is 0 Å². The van der Waals surface area contributed by atoms with E-state index in [1.807, 2.05) is 0 Å². The number of nitrogens with two attached hydrogens (primary N) is 1. The molecule has 0 spiro atoms. The van der Waals surface area contributed by atoms with E-state index < -0.39 is 0 Å². The SMILES string of the molecule is CC(C)C1CCC(CN)(NN2CCN(C)CC2)CC1. The Hall–Kier alpha value is -0.160. The summed E-state index contributed by atoms with van der Waals surface area (Å²) in [6.45, 7) is 10.0. The minimum Gasteiger partial charge on any atom is -0.329 e. The van der Waals surface area contributed by atoms with Gasteiger partial charge in [0, 0.05) is 38.3 Å². The maximum Gasteiger partial charge on any atom is 0.0448 e. The molecule has 0 aromatic rings. The van der Waals surface area contributed by atoms with Gasteiger partial charge >= 0.3 is 0 Å². The summed E-state index contributed by atoms with van der Waals surface area (Å²) in [5.74, 6) is 1.72. The number of hydrogen-bond donors (Lipinski definition) is 2. The summed E-state index contributed by atoms with van der Waals surface area (Å²) in [5, 5.41) is 2.41. The number of likely N-dealkylation sites (N-methyl/N-ethyl adjacent to an activating group) is 1. The minimum absolute atomic E-state index is 0.168. The molecule has 2 aliphatic rings. The molecular formula is C15H32N4. The van der Waals surface area contributed by atoms with Gasteiger partial charge in [-0.3, -0.25) is 0 Å². The number of nitrogens with one attached hydrogen (secondary N) is 1. The molecule has 1 heterocycles. The van der Waals surface area contributed by atoms with Gasteiger partial charge in [-0.05, 0) is 44.6 Å². The third kappa shape index (κ3) is 3.91. The van der Waals surface area contributed by atoms with Gasteiger partial charge in [-0.2, -0.15) is 0 Å². The van der Waals surface area contributed by atoms with Crippen molar-refractivity contribution in [3.8, 4) is 0 Å². The van der Waals surface area contributed by atoms with Crippen molar-refractivity contribution in [3.05, 3.63) is 0 Å². The number of rotatable bonds is 4. The fourth-order valence-corrected chi connectivity index (χ4v) is 3.47. The molecule has 1 aliphatic heterocycles. The second kappa shape index (κ2) is 6.53. The topological polar surface area (TPSA) is 44.5 Å². The Morgan fingerprint density at radius 3 is 2.21 bits per heavy atom. The first-order valence-corrected chi connectivity index (χ1v) is 7.96. The summed E-state index contributed by atoms with van der Waals surface area (Å²) < 4.78 is 0. The highest BCUT2D eigenvalue weighted by molar-refractivity contribution is 4.94. The Labute approximate surface area is 118 Å². The monoisotopic (exact) mass is 268 g/mol. The van der Waals surface area contributed by atoms with Gasteiger partial charge < -0.3 is 10.6 Å². The average Bonchev–Trinajstić information content (AvgIpc) is 2.42. The van der Waals surface area contributed by atoms with Crippen molar-refractivity contribution in [2.45, 2.75) is 45.1 Å². The fourth-order valence-electron chi connectivity index (χ4n) is 3.47. The van der Waals surface area contributed by atoms with Crippen molar-refractivity contribution in [1.29, 1.82) is 0 Å². The van der Waals surface area contributed by atoms with Gasteiger partial charge in [-0.1, -0.05) is 13.8 Å². The molecule has 0 unspecified atom stereocenters. The molecular weight excluding hydrogens is 236 g/mol. The van der Waals surface area contributed by atoms with Crippen LogP contribution in [0.2, 0.25) is 0 Å². The molecule has 0 aromatic heterocycles. The van der Waals surface area contributed by atoms with E-state index in [0.29, 0.717) is 0 Å². The third-order valence-electron chi connectivity index (χ3n) is 5.22. The zero-order chi connectivity index (χ0) is 13.9. The number of hydrogen-bond acceptors (Lipinski definition) is 4. The van der Waals surface area contributed by atoms with Crippen LogP contribution in [-0.4, -0.2) is 55.2 Å². The van der Waals surface area contributed by atoms with Crippen LogP contribution in [0.3, 0.4) is 0 Å². The van der Waals surface area contributed by atoms with Crippen molar-refractivity contribution in [2.24, 2.45) is 17.6 Å². The van der Waals surface area contributed by atoms with Gasteiger partial charge in [-0.25, -0.2) is 10.4 Å². The van der Waals surface area contributed by atoms with E-state index >= 15 is 0 Å². The Kier molecular flexibility index (Phi) is 5.23. The summed E-state index contributed by atoms with van der Waals surface area (Å²) >= 11 is 0. The molecule has 0 amide bonds. The van der Waals surface area contributed by atoms with Crippen molar-refractivity contribution >= 4 is 0 Å². The zero-order valence-corrected chi connectivity index (χ0v) is 13.0. The highest BCUT2D eigenvalue weighted by Gasteiger charge is 2.36. The molecule has 112 valence electrons. The molecule has 0 radical (unpaired) electrons. The van der Waals surface area contributed by atoms with E-state index in [-0.39, 0.29) is 5.54 Å². The minimum atomic E-state index is 0.168. The lowest BCUT2D eigenvalue weighted by atomic mass is 9.73. The Balaban J connectivity index is 1.86. The molecule has 19 heavy (non-hydrogen) atoms. The van der Waals surface area contributed by atoms with Crippen LogP contribution in [0.25, 0.3) is 0 Å². The van der Waals surface area contributed by atoms with Gasteiger partial charge in [0.1, 0.15) is 0 Å². The molecule has 1 saturated heterocycles. The maximum absolute atomic E-state index is 6.10. The van der Waals surface area contributed by atoms with Crippen molar-refractivity contribution in [1.82, 2.24) is 15.3 Å². The smallest absolute Gasteiger partial charge is 0.0448 e. The van der Waals surface area contributed by atoms with E-state index in [1.54, 1.807) is 0 Å². The summed E-state index contributed by atoms with van der Waals surface area (Å²) in [6.07, 6.45) is 5.13. The number of hydrazine groups is 1. The zero-order valence-electron chi connectivity index (χ0n) is 13.0. The molecule has 1 aliphatic carbocycles. The van der Waals surface area contributed by atoms with E-state index in [1.165, 1.54) is 25.7 Å². The van der Waals surface area contributed by atoms with E-state index in [0.717, 1.165) is 44.6 Å². The molecule has 2 fully saturated rings. The molecule has 2 rings (SSSR count). The van der Waals surface area contributed by atoms with E-state index in [9.17, 15) is 0 Å². The standard InChI is InChI=1S/C15H32N4/c1-13(2)14-4-6-15(12-16,7-5-14)17-19-10-8-18(3)9-11-19/h13-14,17H,4-12,16H2,1-3H3. The lowest BCUT2D eigenvalue weighted by Crippen LogP contribution is -2.63. The first kappa shape index (κ1) is 15.2. The van der Waals surface area contributed by atoms with Gasteiger partial charge in [-0.15, -0.1) is 0 Å². The van der Waals surface area contributed by atoms with Crippen molar-refractivity contribution in [2.75, 3.05) is 39.8 Å². The highest BCUT2D eigenvalue weighted by atomic mass is 15.5. The van der Waals surface area contributed by atoms with Gasteiger partial charge in [0.2, 0.25) is 0 Å².